The molecular weight excluding hydrogens is 260 g/mol. The van der Waals surface area contributed by atoms with Crippen LogP contribution >= 0.6 is 11.6 Å². The molecule has 0 aliphatic carbocycles. The molecule has 0 radical (unpaired) electrons. The maximum Gasteiger partial charge on any atom is 0.134 e. The average molecular weight is 277 g/mol. The van der Waals surface area contributed by atoms with Crippen LogP contribution in [0.5, 0.6) is 0 Å². The van der Waals surface area contributed by atoms with Crippen LogP contribution in [0.4, 0.5) is 5.82 Å². The molecule has 0 atom stereocenters. The number of nitrogens with zero attached hydrogens (tertiary/aromatic N) is 3. The lowest BCUT2D eigenvalue weighted by Gasteiger charge is -2.09. The van der Waals surface area contributed by atoms with Gasteiger partial charge in [-0.05, 0) is 18.1 Å². The Morgan fingerprint density at radius 3 is 2.79 bits per heavy atom. The van der Waals surface area contributed by atoms with Gasteiger partial charge < -0.3 is 5.32 Å². The summed E-state index contributed by atoms with van der Waals surface area (Å²) in [5, 5.41) is 3.72. The lowest BCUT2D eigenvalue weighted by molar-refractivity contribution is 0.919. The minimum atomic E-state index is 0.464. The topological polar surface area (TPSA) is 50.7 Å². The third-order valence-electron chi connectivity index (χ3n) is 2.86. The number of hydrogen-bond acceptors (Lipinski definition) is 4. The Bertz CT molecular complexity index is 557. The predicted molar refractivity (Wildman–Crippen MR) is 77.4 cm³/mol. The molecule has 0 saturated heterocycles. The molecule has 0 aliphatic heterocycles. The molecule has 2 rings (SSSR count). The van der Waals surface area contributed by atoms with Crippen molar-refractivity contribution in [3.8, 4) is 0 Å². The molecule has 19 heavy (non-hydrogen) atoms. The molecule has 2 aromatic heterocycles. The van der Waals surface area contributed by atoms with Gasteiger partial charge in [0.2, 0.25) is 0 Å². The molecule has 5 heteroatoms. The Labute approximate surface area is 118 Å². The zero-order valence-corrected chi connectivity index (χ0v) is 11.9. The van der Waals surface area contributed by atoms with Crippen LogP contribution in [-0.2, 0) is 19.4 Å². The van der Waals surface area contributed by atoms with E-state index in [1.165, 1.54) is 5.56 Å². The highest BCUT2D eigenvalue weighted by Crippen LogP contribution is 2.14. The maximum atomic E-state index is 5.96. The summed E-state index contributed by atoms with van der Waals surface area (Å²) < 4.78 is 0. The van der Waals surface area contributed by atoms with Gasteiger partial charge in [0.05, 0.1) is 12.2 Å². The number of nitrogens with one attached hydrogen (secondary N) is 1. The third-order valence-corrected chi connectivity index (χ3v) is 3.05. The van der Waals surface area contributed by atoms with Crippen LogP contribution in [0.3, 0.4) is 0 Å². The van der Waals surface area contributed by atoms with Crippen molar-refractivity contribution in [2.75, 3.05) is 5.32 Å². The molecule has 0 unspecified atom stereocenters. The third kappa shape index (κ3) is 3.64. The molecule has 0 saturated carbocycles. The van der Waals surface area contributed by atoms with Gasteiger partial charge in [0.25, 0.3) is 0 Å². The summed E-state index contributed by atoms with van der Waals surface area (Å²) in [7, 11) is 0. The van der Waals surface area contributed by atoms with E-state index in [0.717, 1.165) is 30.2 Å². The van der Waals surface area contributed by atoms with Gasteiger partial charge >= 0.3 is 0 Å². The quantitative estimate of drug-likeness (QED) is 0.852. The zero-order valence-electron chi connectivity index (χ0n) is 11.2. The van der Waals surface area contributed by atoms with E-state index in [1.54, 1.807) is 12.3 Å². The van der Waals surface area contributed by atoms with Crippen molar-refractivity contribution in [3.63, 3.8) is 0 Å². The van der Waals surface area contributed by atoms with Gasteiger partial charge in [-0.1, -0.05) is 31.5 Å². The molecule has 0 bridgehead atoms. The number of hydrogen-bond donors (Lipinski definition) is 1. The van der Waals surface area contributed by atoms with Crippen molar-refractivity contribution in [1.82, 2.24) is 15.0 Å². The normalized spacial score (nSPS) is 10.5. The Morgan fingerprint density at radius 2 is 2.05 bits per heavy atom. The summed E-state index contributed by atoms with van der Waals surface area (Å²) in [6, 6.07) is 5.78. The molecule has 1 N–H and O–H groups in total. The standard InChI is InChI=1S/C14H17ClN4/c1-3-10-6-5-7-16-11(10)9-17-14-8-12(15)18-13(4-2)19-14/h5-8H,3-4,9H2,1-2H3,(H,17,18,19). The van der Waals surface area contributed by atoms with Gasteiger partial charge in [0.15, 0.2) is 0 Å². The maximum absolute atomic E-state index is 5.96. The summed E-state index contributed by atoms with van der Waals surface area (Å²) in [5.41, 5.74) is 2.28. The van der Waals surface area contributed by atoms with E-state index in [2.05, 4.69) is 33.3 Å². The number of pyridine rings is 1. The van der Waals surface area contributed by atoms with E-state index in [1.807, 2.05) is 13.0 Å². The number of rotatable bonds is 5. The van der Waals surface area contributed by atoms with Crippen LogP contribution in [-0.4, -0.2) is 15.0 Å². The zero-order chi connectivity index (χ0) is 13.7. The first kappa shape index (κ1) is 13.7. The summed E-state index contributed by atoms with van der Waals surface area (Å²) >= 11 is 5.96. The van der Waals surface area contributed by atoms with Crippen molar-refractivity contribution < 1.29 is 0 Å². The Balaban J connectivity index is 2.12. The summed E-state index contributed by atoms with van der Waals surface area (Å²) in [5.74, 6) is 1.48. The van der Waals surface area contributed by atoms with Crippen molar-refractivity contribution in [3.05, 3.63) is 46.6 Å². The Hall–Kier alpha value is -1.68. The SMILES string of the molecule is CCc1nc(Cl)cc(NCc2ncccc2CC)n1. The molecule has 0 amide bonds. The Kier molecular flexibility index (Phi) is 4.68. The Morgan fingerprint density at radius 1 is 1.21 bits per heavy atom. The second-order valence-corrected chi connectivity index (χ2v) is 4.55. The first-order chi connectivity index (χ1) is 9.22. The number of halogens is 1. The van der Waals surface area contributed by atoms with Crippen molar-refractivity contribution in [1.29, 1.82) is 0 Å². The van der Waals surface area contributed by atoms with Gasteiger partial charge in [0.1, 0.15) is 16.8 Å². The van der Waals surface area contributed by atoms with E-state index in [4.69, 9.17) is 11.6 Å². The van der Waals surface area contributed by atoms with Crippen molar-refractivity contribution in [2.45, 2.75) is 33.2 Å². The minimum absolute atomic E-state index is 0.464. The molecular formula is C14H17ClN4. The van der Waals surface area contributed by atoms with E-state index < -0.39 is 0 Å². The number of aryl methyl sites for hydroxylation is 2. The molecule has 100 valence electrons. The number of aromatic nitrogens is 3. The summed E-state index contributed by atoms with van der Waals surface area (Å²) in [4.78, 5) is 12.9. The van der Waals surface area contributed by atoms with Gasteiger partial charge in [-0.25, -0.2) is 9.97 Å². The largest absolute Gasteiger partial charge is 0.364 e. The fourth-order valence-electron chi connectivity index (χ4n) is 1.84. The van der Waals surface area contributed by atoms with Crippen LogP contribution < -0.4 is 5.32 Å². The molecule has 4 nitrogen and oxygen atoms in total. The molecule has 2 aromatic rings. The summed E-state index contributed by atoms with van der Waals surface area (Å²) in [6.45, 7) is 4.77. The highest BCUT2D eigenvalue weighted by atomic mass is 35.5. The summed E-state index contributed by atoms with van der Waals surface area (Å²) in [6.07, 6.45) is 3.54. The lowest BCUT2D eigenvalue weighted by atomic mass is 10.1. The van der Waals surface area contributed by atoms with Crippen molar-refractivity contribution in [2.24, 2.45) is 0 Å². The molecule has 0 spiro atoms. The fraction of sp³-hybridized carbons (Fsp3) is 0.357. The van der Waals surface area contributed by atoms with Crippen LogP contribution in [0, 0.1) is 0 Å². The van der Waals surface area contributed by atoms with Crippen molar-refractivity contribution >= 4 is 17.4 Å². The molecule has 0 aliphatic rings. The lowest BCUT2D eigenvalue weighted by Crippen LogP contribution is -2.07. The van der Waals surface area contributed by atoms with E-state index in [-0.39, 0.29) is 0 Å². The van der Waals surface area contributed by atoms with Gasteiger partial charge in [-0.3, -0.25) is 4.98 Å². The second-order valence-electron chi connectivity index (χ2n) is 4.16. The first-order valence-electron chi connectivity index (χ1n) is 6.43. The average Bonchev–Trinajstić information content (AvgIpc) is 2.44. The van der Waals surface area contributed by atoms with Gasteiger partial charge in [0, 0.05) is 18.7 Å². The van der Waals surface area contributed by atoms with Crippen LogP contribution in [0.1, 0.15) is 30.9 Å². The number of anilines is 1. The smallest absolute Gasteiger partial charge is 0.134 e. The van der Waals surface area contributed by atoms with Crippen LogP contribution in [0.25, 0.3) is 0 Å². The highest BCUT2D eigenvalue weighted by molar-refractivity contribution is 6.29. The predicted octanol–water partition coefficient (Wildman–Crippen LogP) is 3.26. The van der Waals surface area contributed by atoms with Crippen LogP contribution in [0.15, 0.2) is 24.4 Å². The van der Waals surface area contributed by atoms with E-state index in [9.17, 15) is 0 Å². The van der Waals surface area contributed by atoms with E-state index in [0.29, 0.717) is 11.7 Å². The van der Waals surface area contributed by atoms with Gasteiger partial charge in [-0.2, -0.15) is 0 Å². The highest BCUT2D eigenvalue weighted by Gasteiger charge is 2.04. The van der Waals surface area contributed by atoms with Crippen LogP contribution in [0.2, 0.25) is 5.15 Å². The monoisotopic (exact) mass is 276 g/mol. The minimum Gasteiger partial charge on any atom is -0.364 e. The molecule has 0 aromatic carbocycles. The molecule has 0 fully saturated rings. The van der Waals surface area contributed by atoms with E-state index >= 15 is 0 Å². The first-order valence-corrected chi connectivity index (χ1v) is 6.80. The fourth-order valence-corrected chi connectivity index (χ4v) is 2.04. The second kappa shape index (κ2) is 6.48. The molecule has 2 heterocycles. The van der Waals surface area contributed by atoms with Gasteiger partial charge in [-0.15, -0.1) is 0 Å².